The van der Waals surface area contributed by atoms with Crippen LogP contribution in [0.4, 0.5) is 8.78 Å². The summed E-state index contributed by atoms with van der Waals surface area (Å²) in [6, 6.07) is 0. The number of piperidine rings is 1. The maximum atomic E-state index is 12.2. The molecule has 0 aromatic rings. The van der Waals surface area contributed by atoms with Crippen LogP contribution < -0.4 is 0 Å². The molecule has 12 heavy (non-hydrogen) atoms. The summed E-state index contributed by atoms with van der Waals surface area (Å²) in [4.78, 5) is 2.14. The highest BCUT2D eigenvalue weighted by atomic mass is 35.5. The summed E-state index contributed by atoms with van der Waals surface area (Å²) >= 11 is 5.54. The van der Waals surface area contributed by atoms with Crippen molar-refractivity contribution in [2.45, 2.75) is 19.3 Å². The van der Waals surface area contributed by atoms with Gasteiger partial charge in [0.15, 0.2) is 0 Å². The van der Waals surface area contributed by atoms with Crippen molar-refractivity contribution in [3.8, 4) is 0 Å². The van der Waals surface area contributed by atoms with Crippen LogP contribution in [0.1, 0.15) is 12.8 Å². The van der Waals surface area contributed by atoms with E-state index in [-0.39, 0.29) is 5.92 Å². The van der Waals surface area contributed by atoms with Crippen LogP contribution in [0.2, 0.25) is 0 Å². The predicted molar refractivity (Wildman–Crippen MR) is 45.9 cm³/mol. The van der Waals surface area contributed by atoms with Gasteiger partial charge in [-0.25, -0.2) is 8.78 Å². The van der Waals surface area contributed by atoms with Gasteiger partial charge < -0.3 is 4.90 Å². The molecule has 72 valence electrons. The lowest BCUT2D eigenvalue weighted by Gasteiger charge is -2.30. The fourth-order valence-electron chi connectivity index (χ4n) is 1.55. The van der Waals surface area contributed by atoms with Gasteiger partial charge in [-0.1, -0.05) is 0 Å². The zero-order chi connectivity index (χ0) is 8.97. The Morgan fingerprint density at radius 2 is 1.92 bits per heavy atom. The van der Waals surface area contributed by atoms with Crippen LogP contribution in [0.15, 0.2) is 0 Å². The fourth-order valence-corrected chi connectivity index (χ4v) is 1.79. The minimum Gasteiger partial charge on any atom is -0.302 e. The molecule has 0 unspecified atom stereocenters. The second kappa shape index (κ2) is 4.97. The second-order valence-corrected chi connectivity index (χ2v) is 3.58. The van der Waals surface area contributed by atoms with Gasteiger partial charge in [-0.05, 0) is 25.9 Å². The van der Waals surface area contributed by atoms with Gasteiger partial charge in [-0.15, -0.1) is 11.6 Å². The number of alkyl halides is 3. The monoisotopic (exact) mass is 197 g/mol. The van der Waals surface area contributed by atoms with Crippen LogP contribution >= 0.6 is 11.6 Å². The summed E-state index contributed by atoms with van der Waals surface area (Å²) in [5.74, 6) is 0.218. The van der Waals surface area contributed by atoms with Gasteiger partial charge in [0.2, 0.25) is 6.43 Å². The van der Waals surface area contributed by atoms with E-state index < -0.39 is 6.43 Å². The van der Waals surface area contributed by atoms with E-state index in [0.29, 0.717) is 18.7 Å². The van der Waals surface area contributed by atoms with Gasteiger partial charge in [0, 0.05) is 18.3 Å². The van der Waals surface area contributed by atoms with E-state index in [2.05, 4.69) is 4.90 Å². The number of nitrogens with zero attached hydrogens (tertiary/aromatic N) is 1. The standard InChI is InChI=1S/C8H14ClF2N/c9-3-6-12-4-1-7(2-5-12)8(10)11/h7-8H,1-6H2. The van der Waals surface area contributed by atoms with Crippen molar-refractivity contribution in [2.75, 3.05) is 25.5 Å². The Bertz CT molecular complexity index is 124. The summed E-state index contributed by atoms with van der Waals surface area (Å²) in [6.45, 7) is 2.39. The van der Waals surface area contributed by atoms with Gasteiger partial charge in [-0.2, -0.15) is 0 Å². The normalized spacial score (nSPS) is 22.0. The molecular formula is C8H14ClF2N. The van der Waals surface area contributed by atoms with E-state index in [4.69, 9.17) is 11.6 Å². The summed E-state index contributed by atoms with van der Waals surface area (Å²) in [6.07, 6.45) is -0.897. The van der Waals surface area contributed by atoms with Crippen LogP contribution in [-0.2, 0) is 0 Å². The van der Waals surface area contributed by atoms with Gasteiger partial charge in [0.05, 0.1) is 0 Å². The van der Waals surface area contributed by atoms with E-state index in [1.165, 1.54) is 0 Å². The minimum atomic E-state index is -2.14. The van der Waals surface area contributed by atoms with Crippen molar-refractivity contribution in [1.82, 2.24) is 4.90 Å². The molecule has 0 spiro atoms. The molecule has 4 heteroatoms. The zero-order valence-corrected chi connectivity index (χ0v) is 7.73. The van der Waals surface area contributed by atoms with Gasteiger partial charge in [0.1, 0.15) is 0 Å². The highest BCUT2D eigenvalue weighted by Crippen LogP contribution is 2.23. The number of likely N-dealkylation sites (tertiary alicyclic amines) is 1. The number of halogens is 3. The lowest BCUT2D eigenvalue weighted by molar-refractivity contribution is 0.0366. The highest BCUT2D eigenvalue weighted by Gasteiger charge is 2.25. The van der Waals surface area contributed by atoms with Gasteiger partial charge >= 0.3 is 0 Å². The van der Waals surface area contributed by atoms with Crippen LogP contribution in [-0.4, -0.2) is 36.8 Å². The molecule has 1 aliphatic rings. The molecule has 0 atom stereocenters. The predicted octanol–water partition coefficient (Wildman–Crippen LogP) is 2.20. The van der Waals surface area contributed by atoms with Crippen molar-refractivity contribution in [1.29, 1.82) is 0 Å². The third-order valence-corrected chi connectivity index (χ3v) is 2.56. The van der Waals surface area contributed by atoms with Crippen molar-refractivity contribution in [2.24, 2.45) is 5.92 Å². The molecule has 1 rings (SSSR count). The average molecular weight is 198 g/mol. The van der Waals surface area contributed by atoms with Crippen LogP contribution in [0.3, 0.4) is 0 Å². The lowest BCUT2D eigenvalue weighted by Crippen LogP contribution is -2.36. The first kappa shape index (κ1) is 10.2. The third kappa shape index (κ3) is 2.87. The topological polar surface area (TPSA) is 3.24 Å². The molecule has 0 aromatic heterocycles. The SMILES string of the molecule is FC(F)C1CCN(CCCl)CC1. The molecule has 0 radical (unpaired) electrons. The average Bonchev–Trinajstić information content (AvgIpc) is 2.06. The molecule has 1 aliphatic heterocycles. The Labute approximate surface area is 76.7 Å². The van der Waals surface area contributed by atoms with Crippen molar-refractivity contribution in [3.63, 3.8) is 0 Å². The van der Waals surface area contributed by atoms with Crippen LogP contribution in [0.5, 0.6) is 0 Å². The molecule has 0 aliphatic carbocycles. The summed E-state index contributed by atoms with van der Waals surface area (Å²) < 4.78 is 24.4. The Morgan fingerprint density at radius 3 is 2.33 bits per heavy atom. The molecular weight excluding hydrogens is 184 g/mol. The highest BCUT2D eigenvalue weighted by molar-refractivity contribution is 6.18. The second-order valence-electron chi connectivity index (χ2n) is 3.20. The van der Waals surface area contributed by atoms with Crippen LogP contribution in [0, 0.1) is 5.92 Å². The first-order chi connectivity index (χ1) is 5.74. The molecule has 0 N–H and O–H groups in total. The fraction of sp³-hybridized carbons (Fsp3) is 1.00. The Hall–Kier alpha value is 0.110. The van der Waals surface area contributed by atoms with Crippen molar-refractivity contribution < 1.29 is 8.78 Å². The Balaban J connectivity index is 2.20. The number of hydrogen-bond acceptors (Lipinski definition) is 1. The molecule has 1 fully saturated rings. The van der Waals surface area contributed by atoms with E-state index in [0.717, 1.165) is 19.6 Å². The Morgan fingerprint density at radius 1 is 1.33 bits per heavy atom. The molecule has 1 saturated heterocycles. The maximum Gasteiger partial charge on any atom is 0.241 e. The van der Waals surface area contributed by atoms with Crippen molar-refractivity contribution >= 4 is 11.6 Å². The quantitative estimate of drug-likeness (QED) is 0.627. The van der Waals surface area contributed by atoms with Crippen LogP contribution in [0.25, 0.3) is 0 Å². The molecule has 1 heterocycles. The molecule has 0 saturated carbocycles. The third-order valence-electron chi connectivity index (χ3n) is 2.39. The van der Waals surface area contributed by atoms with Gasteiger partial charge in [0.25, 0.3) is 0 Å². The first-order valence-corrected chi connectivity index (χ1v) is 4.84. The molecule has 1 nitrogen and oxygen atoms in total. The first-order valence-electron chi connectivity index (χ1n) is 4.30. The van der Waals surface area contributed by atoms with Gasteiger partial charge in [-0.3, -0.25) is 0 Å². The summed E-state index contributed by atoms with van der Waals surface area (Å²) in [5, 5.41) is 0. The molecule has 0 aromatic carbocycles. The van der Waals surface area contributed by atoms with E-state index in [1.54, 1.807) is 0 Å². The van der Waals surface area contributed by atoms with E-state index >= 15 is 0 Å². The molecule has 0 bridgehead atoms. The minimum absolute atomic E-state index is 0.378. The zero-order valence-electron chi connectivity index (χ0n) is 6.98. The number of rotatable bonds is 3. The Kier molecular flexibility index (Phi) is 4.22. The summed E-state index contributed by atoms with van der Waals surface area (Å²) in [5.41, 5.74) is 0. The lowest BCUT2D eigenvalue weighted by atomic mass is 9.97. The smallest absolute Gasteiger partial charge is 0.241 e. The largest absolute Gasteiger partial charge is 0.302 e. The van der Waals surface area contributed by atoms with Crippen molar-refractivity contribution in [3.05, 3.63) is 0 Å². The maximum absolute atomic E-state index is 12.2. The molecule has 0 amide bonds. The summed E-state index contributed by atoms with van der Waals surface area (Å²) in [7, 11) is 0. The number of hydrogen-bond donors (Lipinski definition) is 0. The van der Waals surface area contributed by atoms with E-state index in [9.17, 15) is 8.78 Å². The van der Waals surface area contributed by atoms with E-state index in [1.807, 2.05) is 0 Å².